The third-order valence-electron chi connectivity index (χ3n) is 10.7. The highest BCUT2D eigenvalue weighted by Gasteiger charge is 2.34. The van der Waals surface area contributed by atoms with Crippen LogP contribution in [0.4, 0.5) is 21.0 Å². The maximum absolute atomic E-state index is 12.9. The highest BCUT2D eigenvalue weighted by Crippen LogP contribution is 2.35. The van der Waals surface area contributed by atoms with Gasteiger partial charge < -0.3 is 33.2 Å². The van der Waals surface area contributed by atoms with Crippen LogP contribution in [0, 0.1) is 0 Å². The fraction of sp³-hybridized carbons (Fsp3) is 0.261. The molecule has 10 rings (SSSR count). The number of fused-ring (bicyclic) bond motifs is 2. The van der Waals surface area contributed by atoms with Gasteiger partial charge in [0.25, 0.3) is 0 Å². The predicted molar refractivity (Wildman–Crippen MR) is 214 cm³/mol. The van der Waals surface area contributed by atoms with E-state index in [1.165, 1.54) is 0 Å². The van der Waals surface area contributed by atoms with Gasteiger partial charge in [-0.05, 0) is 94.5 Å². The van der Waals surface area contributed by atoms with Crippen molar-refractivity contribution in [2.75, 3.05) is 55.9 Å². The summed E-state index contributed by atoms with van der Waals surface area (Å²) < 4.78 is 40.3. The van der Waals surface area contributed by atoms with E-state index in [-0.39, 0.29) is 31.5 Å². The predicted octanol–water partition coefficient (Wildman–Crippen LogP) is 8.24. The number of carbonyl (C=O) groups is 2. The van der Waals surface area contributed by atoms with Gasteiger partial charge in [-0.2, -0.15) is 0 Å². The smallest absolute Gasteiger partial charge is 0.414 e. The van der Waals surface area contributed by atoms with Crippen LogP contribution in [0.1, 0.15) is 22.8 Å². The van der Waals surface area contributed by atoms with Gasteiger partial charge in [0, 0.05) is 22.1 Å². The molecule has 11 nitrogen and oxygen atoms in total. The van der Waals surface area contributed by atoms with Gasteiger partial charge in [-0.3, -0.25) is 9.80 Å². The van der Waals surface area contributed by atoms with Crippen molar-refractivity contribution < 1.29 is 42.7 Å². The molecule has 4 fully saturated rings. The van der Waals surface area contributed by atoms with E-state index in [9.17, 15) is 9.59 Å². The number of anilines is 2. The fourth-order valence-electron chi connectivity index (χ4n) is 7.46. The van der Waals surface area contributed by atoms with Crippen LogP contribution in [-0.2, 0) is 25.4 Å². The number of hydrogen-bond donors (Lipinski definition) is 0. The summed E-state index contributed by atoms with van der Waals surface area (Å²) in [5.41, 5.74) is 4.86. The van der Waals surface area contributed by atoms with Crippen molar-refractivity contribution in [1.82, 2.24) is 0 Å². The van der Waals surface area contributed by atoms with Crippen LogP contribution in [-0.4, -0.2) is 76.6 Å². The quantitative estimate of drug-likeness (QED) is 0.101. The topological polar surface area (TPSA) is 112 Å². The third-order valence-corrected chi connectivity index (χ3v) is 10.7. The first kappa shape index (κ1) is 35.1. The normalized spacial score (nSPS) is 21.1. The molecule has 0 bridgehead atoms. The molecule has 4 heterocycles. The number of hydrogen-bond acceptors (Lipinski definition) is 9. The Kier molecular flexibility index (Phi) is 9.24. The maximum atomic E-state index is 12.9. The van der Waals surface area contributed by atoms with E-state index in [0.29, 0.717) is 26.1 Å². The number of carbonyl (C=O) groups excluding carboxylic acids is 2. The lowest BCUT2D eigenvalue weighted by Crippen LogP contribution is -2.26. The number of benzene rings is 6. The number of nitrogens with zero attached hydrogens (tertiary/aromatic N) is 2. The van der Waals surface area contributed by atoms with Gasteiger partial charge in [-0.15, -0.1) is 0 Å². The summed E-state index contributed by atoms with van der Waals surface area (Å²) in [6.07, 6.45) is -0.553. The lowest BCUT2D eigenvalue weighted by atomic mass is 10.0. The fourth-order valence-corrected chi connectivity index (χ4v) is 7.46. The van der Waals surface area contributed by atoms with Gasteiger partial charge in [-0.25, -0.2) is 9.59 Å². The largest absolute Gasteiger partial charge is 0.491 e. The highest BCUT2D eigenvalue weighted by atomic mass is 16.6. The zero-order valence-electron chi connectivity index (χ0n) is 31.1. The van der Waals surface area contributed by atoms with E-state index >= 15 is 0 Å². The summed E-state index contributed by atoms with van der Waals surface area (Å²) in [4.78, 5) is 29.0. The first-order valence-electron chi connectivity index (χ1n) is 19.3. The first-order chi connectivity index (χ1) is 28.0. The Labute approximate surface area is 329 Å². The molecule has 4 aliphatic rings. The van der Waals surface area contributed by atoms with Crippen molar-refractivity contribution in [2.45, 2.75) is 30.8 Å². The number of rotatable bonds is 14. The van der Waals surface area contributed by atoms with Crippen molar-refractivity contribution in [2.24, 2.45) is 0 Å². The molecular weight excluding hydrogens is 725 g/mol. The second-order valence-corrected chi connectivity index (χ2v) is 14.8. The minimum Gasteiger partial charge on any atom is -0.491 e. The number of amides is 2. The van der Waals surface area contributed by atoms with E-state index in [0.717, 1.165) is 80.1 Å². The van der Waals surface area contributed by atoms with E-state index in [1.54, 1.807) is 9.80 Å². The zero-order chi connectivity index (χ0) is 38.3. The molecule has 0 aliphatic carbocycles. The van der Waals surface area contributed by atoms with Crippen molar-refractivity contribution in [3.05, 3.63) is 138 Å². The van der Waals surface area contributed by atoms with Crippen molar-refractivity contribution in [1.29, 1.82) is 0 Å². The molecule has 11 heteroatoms. The Morgan fingerprint density at radius 3 is 1.72 bits per heavy atom. The lowest BCUT2D eigenvalue weighted by Gasteiger charge is -2.15. The molecule has 4 atom stereocenters. The monoisotopic (exact) mass is 764 g/mol. The first-order valence-corrected chi connectivity index (χ1v) is 19.3. The summed E-state index contributed by atoms with van der Waals surface area (Å²) in [6, 6.07) is 39.9. The van der Waals surface area contributed by atoms with Gasteiger partial charge in [0.2, 0.25) is 0 Å². The molecule has 0 spiro atoms. The van der Waals surface area contributed by atoms with Crippen molar-refractivity contribution >= 4 is 45.1 Å². The van der Waals surface area contributed by atoms with Gasteiger partial charge in [0.15, 0.2) is 12.2 Å². The summed E-state index contributed by atoms with van der Waals surface area (Å²) in [6.45, 7) is 3.32. The van der Waals surface area contributed by atoms with E-state index in [1.807, 2.05) is 97.1 Å². The van der Waals surface area contributed by atoms with Crippen LogP contribution in [0.25, 0.3) is 21.5 Å². The molecular formula is C46H40N2O9. The average molecular weight is 765 g/mol. The second kappa shape index (κ2) is 15.0. The van der Waals surface area contributed by atoms with Crippen molar-refractivity contribution in [3.8, 4) is 17.2 Å². The van der Waals surface area contributed by atoms with Crippen LogP contribution in [0.15, 0.2) is 121 Å². The van der Waals surface area contributed by atoms with Gasteiger partial charge in [0.05, 0.1) is 26.3 Å². The third kappa shape index (κ3) is 7.76. The summed E-state index contributed by atoms with van der Waals surface area (Å²) >= 11 is 0. The molecule has 4 saturated heterocycles. The molecule has 6 aromatic carbocycles. The molecule has 4 unspecified atom stereocenters. The zero-order valence-corrected chi connectivity index (χ0v) is 31.1. The molecule has 2 amide bonds. The Morgan fingerprint density at radius 2 is 1.12 bits per heavy atom. The standard InChI is InChI=1S/C46H40N2O9/c49-45-47(22-37(56-45)24-53-42-5-2-4-32-20-36(17-18-40(32)42)51-26-39-27-52-39)34-13-7-29(8-14-34)19-30-9-15-35(16-10-30)48-23-38(57-46(48)50)25-54-43-6-1-3-31-11-12-33(21-41(31)43)44-28-55-44/h1-18,20-21,37-39,44H,19,22-28H2. The Morgan fingerprint density at radius 1 is 0.544 bits per heavy atom. The lowest BCUT2D eigenvalue weighted by molar-refractivity contribution is 0.105. The van der Waals surface area contributed by atoms with E-state index in [2.05, 4.69) is 24.3 Å². The minimum atomic E-state index is -0.414. The molecule has 0 N–H and O–H groups in total. The molecule has 0 radical (unpaired) electrons. The van der Waals surface area contributed by atoms with Crippen LogP contribution < -0.4 is 24.0 Å². The maximum Gasteiger partial charge on any atom is 0.414 e. The number of ether oxygens (including phenoxy) is 7. The molecule has 288 valence electrons. The SMILES string of the molecule is O=C1OC(COc2cccc3cc(OCC4CO4)ccc23)CN1c1ccc(Cc2ccc(N3CC(COc4cccc5ccc(C6CO6)cc45)OC3=O)cc2)cc1. The molecule has 0 aromatic heterocycles. The van der Waals surface area contributed by atoms with E-state index < -0.39 is 18.3 Å². The Hall–Kier alpha value is -6.30. The highest BCUT2D eigenvalue weighted by molar-refractivity contribution is 5.92. The molecule has 57 heavy (non-hydrogen) atoms. The summed E-state index contributed by atoms with van der Waals surface area (Å²) in [5.74, 6) is 2.27. The molecule has 0 saturated carbocycles. The number of epoxide rings is 2. The van der Waals surface area contributed by atoms with Crippen molar-refractivity contribution in [3.63, 3.8) is 0 Å². The Bertz CT molecular complexity index is 2450. The van der Waals surface area contributed by atoms with Crippen LogP contribution >= 0.6 is 0 Å². The second-order valence-electron chi connectivity index (χ2n) is 14.8. The van der Waals surface area contributed by atoms with Gasteiger partial charge in [0.1, 0.15) is 49.3 Å². The van der Waals surface area contributed by atoms with E-state index in [4.69, 9.17) is 33.2 Å². The molecule has 6 aromatic rings. The summed E-state index contributed by atoms with van der Waals surface area (Å²) in [5, 5.41) is 4.07. The molecule has 4 aliphatic heterocycles. The van der Waals surface area contributed by atoms with Gasteiger partial charge >= 0.3 is 12.2 Å². The Balaban J connectivity index is 0.713. The van der Waals surface area contributed by atoms with Crippen LogP contribution in [0.5, 0.6) is 17.2 Å². The number of cyclic esters (lactones) is 2. The summed E-state index contributed by atoms with van der Waals surface area (Å²) in [7, 11) is 0. The average Bonchev–Trinajstić information content (AvgIpc) is 4.18. The van der Waals surface area contributed by atoms with Crippen LogP contribution in [0.3, 0.4) is 0 Å². The minimum absolute atomic E-state index is 0.161. The van der Waals surface area contributed by atoms with Crippen LogP contribution in [0.2, 0.25) is 0 Å². The van der Waals surface area contributed by atoms with Gasteiger partial charge in [-0.1, -0.05) is 60.7 Å².